The van der Waals surface area contributed by atoms with Crippen LogP contribution in [-0.2, 0) is 12.6 Å². The summed E-state index contributed by atoms with van der Waals surface area (Å²) in [6, 6.07) is 9.96. The van der Waals surface area contributed by atoms with Crippen LogP contribution in [0.4, 0.5) is 13.2 Å². The van der Waals surface area contributed by atoms with Gasteiger partial charge in [-0.05, 0) is 17.7 Å². The molecule has 2 aromatic heterocycles. The highest BCUT2D eigenvalue weighted by atomic mass is 32.1. The highest BCUT2D eigenvalue weighted by Crippen LogP contribution is 2.30. The van der Waals surface area contributed by atoms with Gasteiger partial charge in [-0.3, -0.25) is 4.79 Å². The average molecular weight is 336 g/mol. The molecule has 0 amide bonds. The molecule has 23 heavy (non-hydrogen) atoms. The van der Waals surface area contributed by atoms with Crippen LogP contribution < -0.4 is 5.56 Å². The van der Waals surface area contributed by atoms with Crippen LogP contribution in [-0.4, -0.2) is 9.97 Å². The van der Waals surface area contributed by atoms with E-state index in [1.165, 1.54) is 23.5 Å². The molecule has 0 bridgehead atoms. The Balaban J connectivity index is 1.84. The SMILES string of the molecule is O=c1cccc(-c2csc(Cc3cccc(C(F)(F)F)c3)n2)[nH]1. The predicted molar refractivity (Wildman–Crippen MR) is 82.4 cm³/mol. The van der Waals surface area contributed by atoms with E-state index >= 15 is 0 Å². The van der Waals surface area contributed by atoms with Gasteiger partial charge in [0.2, 0.25) is 5.56 Å². The van der Waals surface area contributed by atoms with E-state index in [4.69, 9.17) is 0 Å². The van der Waals surface area contributed by atoms with E-state index in [-0.39, 0.29) is 5.56 Å². The molecule has 0 fully saturated rings. The number of hydrogen-bond donors (Lipinski definition) is 1. The zero-order chi connectivity index (χ0) is 16.4. The van der Waals surface area contributed by atoms with Gasteiger partial charge in [0.1, 0.15) is 0 Å². The number of pyridine rings is 1. The molecule has 118 valence electrons. The normalized spacial score (nSPS) is 11.6. The van der Waals surface area contributed by atoms with Gasteiger partial charge in [-0.2, -0.15) is 13.2 Å². The lowest BCUT2D eigenvalue weighted by Crippen LogP contribution is -2.05. The molecule has 0 atom stereocenters. The fourth-order valence-electron chi connectivity index (χ4n) is 2.15. The average Bonchev–Trinajstić information content (AvgIpc) is 2.95. The standard InChI is InChI=1S/C16H11F3N2OS/c17-16(18,19)11-4-1-3-10(7-11)8-15-21-13(9-23-15)12-5-2-6-14(22)20-12/h1-7,9H,8H2,(H,20,22). The maximum absolute atomic E-state index is 12.7. The van der Waals surface area contributed by atoms with Gasteiger partial charge in [0.05, 0.1) is 22.0 Å². The lowest BCUT2D eigenvalue weighted by Gasteiger charge is -2.07. The number of benzene rings is 1. The summed E-state index contributed by atoms with van der Waals surface area (Å²) >= 11 is 1.34. The Hall–Kier alpha value is -2.41. The third-order valence-corrected chi connectivity index (χ3v) is 4.05. The Kier molecular flexibility index (Phi) is 4.04. The van der Waals surface area contributed by atoms with E-state index in [0.29, 0.717) is 28.4 Å². The molecule has 0 spiro atoms. The summed E-state index contributed by atoms with van der Waals surface area (Å²) in [5, 5.41) is 2.46. The van der Waals surface area contributed by atoms with Crippen molar-refractivity contribution >= 4 is 11.3 Å². The fourth-order valence-corrected chi connectivity index (χ4v) is 2.97. The molecule has 0 saturated heterocycles. The van der Waals surface area contributed by atoms with Gasteiger partial charge in [-0.25, -0.2) is 4.98 Å². The van der Waals surface area contributed by atoms with E-state index in [1.807, 2.05) is 0 Å². The number of thiazole rings is 1. The molecule has 3 nitrogen and oxygen atoms in total. The van der Waals surface area contributed by atoms with Crippen LogP contribution >= 0.6 is 11.3 Å². The molecular formula is C16H11F3N2OS. The number of nitrogens with zero attached hydrogens (tertiary/aromatic N) is 1. The Morgan fingerprint density at radius 1 is 1.13 bits per heavy atom. The molecule has 0 saturated carbocycles. The molecule has 1 aromatic carbocycles. The summed E-state index contributed by atoms with van der Waals surface area (Å²) in [7, 11) is 0. The molecule has 0 unspecified atom stereocenters. The molecule has 3 aromatic rings. The number of nitrogens with one attached hydrogen (secondary N) is 1. The molecule has 0 radical (unpaired) electrons. The molecule has 7 heteroatoms. The first-order valence-corrected chi connectivity index (χ1v) is 7.60. The van der Waals surface area contributed by atoms with E-state index < -0.39 is 11.7 Å². The molecule has 2 heterocycles. The van der Waals surface area contributed by atoms with Gasteiger partial charge in [0.15, 0.2) is 0 Å². The predicted octanol–water partition coefficient (Wildman–Crippen LogP) is 4.11. The summed E-state index contributed by atoms with van der Waals surface area (Å²) in [4.78, 5) is 18.4. The van der Waals surface area contributed by atoms with E-state index in [9.17, 15) is 18.0 Å². The quantitative estimate of drug-likeness (QED) is 0.782. The largest absolute Gasteiger partial charge is 0.416 e. The third-order valence-electron chi connectivity index (χ3n) is 3.21. The summed E-state index contributed by atoms with van der Waals surface area (Å²) in [6.45, 7) is 0. The van der Waals surface area contributed by atoms with E-state index in [0.717, 1.165) is 12.1 Å². The molecule has 1 N–H and O–H groups in total. The Bertz CT molecular complexity index is 883. The van der Waals surface area contributed by atoms with Crippen molar-refractivity contribution in [1.82, 2.24) is 9.97 Å². The number of halogens is 3. The number of aromatic amines is 1. The molecule has 0 aliphatic heterocycles. The fraction of sp³-hybridized carbons (Fsp3) is 0.125. The number of rotatable bonds is 3. The van der Waals surface area contributed by atoms with Crippen molar-refractivity contribution in [2.24, 2.45) is 0 Å². The van der Waals surface area contributed by atoms with Crippen molar-refractivity contribution in [3.63, 3.8) is 0 Å². The van der Waals surface area contributed by atoms with E-state index in [1.54, 1.807) is 23.6 Å². The van der Waals surface area contributed by atoms with Crippen molar-refractivity contribution in [1.29, 1.82) is 0 Å². The van der Waals surface area contributed by atoms with Crippen LogP contribution in [0.5, 0.6) is 0 Å². The van der Waals surface area contributed by atoms with Crippen molar-refractivity contribution in [3.8, 4) is 11.4 Å². The first kappa shape index (κ1) is 15.5. The number of hydrogen-bond acceptors (Lipinski definition) is 3. The third kappa shape index (κ3) is 3.68. The smallest absolute Gasteiger partial charge is 0.321 e. The summed E-state index contributed by atoms with van der Waals surface area (Å²) < 4.78 is 38.2. The van der Waals surface area contributed by atoms with Crippen LogP contribution in [0.3, 0.4) is 0 Å². The van der Waals surface area contributed by atoms with Crippen molar-refractivity contribution in [2.45, 2.75) is 12.6 Å². The highest BCUT2D eigenvalue weighted by molar-refractivity contribution is 7.10. The monoisotopic (exact) mass is 336 g/mol. The highest BCUT2D eigenvalue weighted by Gasteiger charge is 2.30. The van der Waals surface area contributed by atoms with Crippen molar-refractivity contribution < 1.29 is 13.2 Å². The zero-order valence-corrected chi connectivity index (χ0v) is 12.5. The topological polar surface area (TPSA) is 45.8 Å². The first-order chi connectivity index (χ1) is 10.9. The van der Waals surface area contributed by atoms with E-state index in [2.05, 4.69) is 9.97 Å². The molecule has 0 aliphatic carbocycles. The second kappa shape index (κ2) is 6.00. The van der Waals surface area contributed by atoms with Gasteiger partial charge in [-0.15, -0.1) is 11.3 Å². The van der Waals surface area contributed by atoms with Crippen LogP contribution in [0.2, 0.25) is 0 Å². The van der Waals surface area contributed by atoms with Crippen LogP contribution in [0.15, 0.2) is 52.6 Å². The Morgan fingerprint density at radius 2 is 1.91 bits per heavy atom. The maximum Gasteiger partial charge on any atom is 0.416 e. The van der Waals surface area contributed by atoms with Gasteiger partial charge in [0, 0.05) is 17.9 Å². The number of H-pyrrole nitrogens is 1. The molecule has 3 rings (SSSR count). The van der Waals surface area contributed by atoms with Crippen LogP contribution in [0.25, 0.3) is 11.4 Å². The maximum atomic E-state index is 12.7. The second-order valence-electron chi connectivity index (χ2n) is 4.93. The molecular weight excluding hydrogens is 325 g/mol. The lowest BCUT2D eigenvalue weighted by atomic mass is 10.1. The number of alkyl halides is 3. The van der Waals surface area contributed by atoms with Crippen LogP contribution in [0, 0.1) is 0 Å². The van der Waals surface area contributed by atoms with Crippen LogP contribution in [0.1, 0.15) is 16.1 Å². The Morgan fingerprint density at radius 3 is 2.65 bits per heavy atom. The minimum Gasteiger partial charge on any atom is -0.321 e. The minimum atomic E-state index is -4.35. The second-order valence-corrected chi connectivity index (χ2v) is 5.87. The van der Waals surface area contributed by atoms with Crippen molar-refractivity contribution in [2.75, 3.05) is 0 Å². The molecule has 0 aliphatic rings. The Labute approximate surface area is 133 Å². The van der Waals surface area contributed by atoms with Gasteiger partial charge < -0.3 is 4.98 Å². The summed E-state index contributed by atoms with van der Waals surface area (Å²) in [5.74, 6) is 0. The summed E-state index contributed by atoms with van der Waals surface area (Å²) in [5.41, 5.74) is 0.843. The zero-order valence-electron chi connectivity index (χ0n) is 11.7. The lowest BCUT2D eigenvalue weighted by molar-refractivity contribution is -0.137. The van der Waals surface area contributed by atoms with Gasteiger partial charge >= 0.3 is 6.18 Å². The minimum absolute atomic E-state index is 0.227. The van der Waals surface area contributed by atoms with Gasteiger partial charge in [-0.1, -0.05) is 24.3 Å². The van der Waals surface area contributed by atoms with Crippen molar-refractivity contribution in [3.05, 3.63) is 74.3 Å². The first-order valence-electron chi connectivity index (χ1n) is 6.72. The van der Waals surface area contributed by atoms with Gasteiger partial charge in [0.25, 0.3) is 0 Å². The number of aromatic nitrogens is 2. The summed E-state index contributed by atoms with van der Waals surface area (Å²) in [6.07, 6.45) is -4.04.